The maximum absolute atomic E-state index is 9.50. The number of aliphatic imine (C=N–C) groups is 1. The van der Waals surface area contributed by atoms with E-state index < -0.39 is 17.2 Å². The molecule has 0 aromatic heterocycles. The minimum Gasteiger partial charge on any atom is -0.504 e. The number of hydrogen-bond donors (Lipinski definition) is 4. The van der Waals surface area contributed by atoms with E-state index in [1.165, 1.54) is 18.3 Å². The van der Waals surface area contributed by atoms with E-state index in [1.54, 1.807) is 6.07 Å². The van der Waals surface area contributed by atoms with Gasteiger partial charge in [0.25, 0.3) is 0 Å². The smallest absolute Gasteiger partial charge is 0.200 e. The zero-order valence-corrected chi connectivity index (χ0v) is 11.6. The number of rotatable bonds is 2. The highest BCUT2D eigenvalue weighted by Crippen LogP contribution is 2.35. The van der Waals surface area contributed by atoms with Gasteiger partial charge in [0.15, 0.2) is 17.2 Å². The van der Waals surface area contributed by atoms with Crippen LogP contribution in [0.2, 0.25) is 0 Å². The van der Waals surface area contributed by atoms with Crippen LogP contribution in [0.25, 0.3) is 10.8 Å². The Morgan fingerprint density at radius 2 is 1.55 bits per heavy atom. The average Bonchev–Trinajstić information content (AvgIpc) is 2.50. The number of fused-ring (bicyclic) bond motifs is 1. The summed E-state index contributed by atoms with van der Waals surface area (Å²) in [6, 6.07) is 13.9. The first-order chi connectivity index (χ1) is 10.6. The van der Waals surface area contributed by atoms with E-state index in [2.05, 4.69) is 4.99 Å². The summed E-state index contributed by atoms with van der Waals surface area (Å²) in [4.78, 5) is 4.37. The SMILES string of the molecule is Nc1cccc2cccc(N=Cc3cc(O)c(O)c(O)c3)c12. The molecule has 0 bridgehead atoms. The molecule has 0 aliphatic heterocycles. The molecule has 0 radical (unpaired) electrons. The van der Waals surface area contributed by atoms with E-state index in [4.69, 9.17) is 5.73 Å². The lowest BCUT2D eigenvalue weighted by molar-refractivity contribution is 0.368. The van der Waals surface area contributed by atoms with Crippen LogP contribution in [0, 0.1) is 0 Å². The van der Waals surface area contributed by atoms with Gasteiger partial charge in [-0.15, -0.1) is 0 Å². The molecule has 3 rings (SSSR count). The minimum atomic E-state index is -0.549. The molecule has 0 atom stereocenters. The average molecular weight is 294 g/mol. The van der Waals surface area contributed by atoms with E-state index >= 15 is 0 Å². The number of benzene rings is 3. The lowest BCUT2D eigenvalue weighted by atomic mass is 10.1. The fourth-order valence-corrected chi connectivity index (χ4v) is 2.30. The standard InChI is InChI=1S/C17H14N2O3/c18-12-5-1-3-11-4-2-6-13(16(11)12)19-9-10-7-14(20)17(22)15(21)8-10/h1-9,20-22H,18H2. The second kappa shape index (κ2) is 5.29. The second-order valence-corrected chi connectivity index (χ2v) is 4.89. The molecule has 5 N–H and O–H groups in total. The molecule has 0 aliphatic rings. The predicted molar refractivity (Wildman–Crippen MR) is 87.1 cm³/mol. The maximum Gasteiger partial charge on any atom is 0.200 e. The molecule has 0 fully saturated rings. The molecule has 0 saturated carbocycles. The number of phenolic OH excluding ortho intramolecular Hbond substituents is 3. The second-order valence-electron chi connectivity index (χ2n) is 4.89. The molecule has 0 heterocycles. The largest absolute Gasteiger partial charge is 0.504 e. The van der Waals surface area contributed by atoms with Gasteiger partial charge in [0, 0.05) is 22.9 Å². The number of nitrogen functional groups attached to an aromatic ring is 1. The zero-order valence-electron chi connectivity index (χ0n) is 11.6. The molecule has 22 heavy (non-hydrogen) atoms. The van der Waals surface area contributed by atoms with E-state index in [0.29, 0.717) is 16.9 Å². The molecule has 3 aromatic rings. The third-order valence-electron chi connectivity index (χ3n) is 3.36. The first-order valence-electron chi connectivity index (χ1n) is 6.62. The third-order valence-corrected chi connectivity index (χ3v) is 3.36. The van der Waals surface area contributed by atoms with Crippen LogP contribution in [-0.2, 0) is 0 Å². The first-order valence-corrected chi connectivity index (χ1v) is 6.62. The van der Waals surface area contributed by atoms with Gasteiger partial charge in [-0.2, -0.15) is 0 Å². The molecule has 0 aliphatic carbocycles. The van der Waals surface area contributed by atoms with Gasteiger partial charge in [-0.3, -0.25) is 4.99 Å². The number of nitrogens with two attached hydrogens (primary N) is 1. The monoisotopic (exact) mass is 294 g/mol. The Hall–Kier alpha value is -3.21. The van der Waals surface area contributed by atoms with Crippen LogP contribution in [-0.4, -0.2) is 21.5 Å². The summed E-state index contributed by atoms with van der Waals surface area (Å²) in [6.45, 7) is 0. The van der Waals surface area contributed by atoms with Gasteiger partial charge in [0.2, 0.25) is 0 Å². The highest BCUT2D eigenvalue weighted by Gasteiger charge is 2.07. The lowest BCUT2D eigenvalue weighted by Gasteiger charge is -2.05. The van der Waals surface area contributed by atoms with Crippen molar-refractivity contribution in [2.24, 2.45) is 4.99 Å². The van der Waals surface area contributed by atoms with Gasteiger partial charge >= 0.3 is 0 Å². The molecule has 0 saturated heterocycles. The molecule has 3 aromatic carbocycles. The Labute approximate surface area is 126 Å². The van der Waals surface area contributed by atoms with Crippen molar-refractivity contribution in [1.82, 2.24) is 0 Å². The van der Waals surface area contributed by atoms with E-state index in [0.717, 1.165) is 10.8 Å². The molecular formula is C17H14N2O3. The summed E-state index contributed by atoms with van der Waals surface area (Å²) < 4.78 is 0. The lowest BCUT2D eigenvalue weighted by Crippen LogP contribution is -1.87. The summed E-state index contributed by atoms with van der Waals surface area (Å²) >= 11 is 0. The van der Waals surface area contributed by atoms with Crippen molar-refractivity contribution in [1.29, 1.82) is 0 Å². The van der Waals surface area contributed by atoms with E-state index in [9.17, 15) is 15.3 Å². The Morgan fingerprint density at radius 3 is 2.23 bits per heavy atom. The molecule has 5 heteroatoms. The van der Waals surface area contributed by atoms with E-state index in [-0.39, 0.29) is 0 Å². The number of hydrogen-bond acceptors (Lipinski definition) is 5. The summed E-state index contributed by atoms with van der Waals surface area (Å²) in [5.74, 6) is -1.36. The van der Waals surface area contributed by atoms with Crippen molar-refractivity contribution in [2.45, 2.75) is 0 Å². The van der Waals surface area contributed by atoms with Gasteiger partial charge in [0.05, 0.1) is 5.69 Å². The summed E-state index contributed by atoms with van der Waals surface area (Å²) in [6.07, 6.45) is 1.49. The van der Waals surface area contributed by atoms with Crippen LogP contribution < -0.4 is 5.73 Å². The fraction of sp³-hybridized carbons (Fsp3) is 0. The highest BCUT2D eigenvalue weighted by atomic mass is 16.3. The molecule has 0 spiro atoms. The number of anilines is 1. The van der Waals surface area contributed by atoms with Crippen LogP contribution in [0.1, 0.15) is 5.56 Å². The van der Waals surface area contributed by atoms with Crippen molar-refractivity contribution >= 4 is 28.4 Å². The highest BCUT2D eigenvalue weighted by molar-refractivity contribution is 6.02. The minimum absolute atomic E-state index is 0.404. The number of phenols is 3. The molecule has 5 nitrogen and oxygen atoms in total. The van der Waals surface area contributed by atoms with Gasteiger partial charge < -0.3 is 21.1 Å². The molecule has 0 amide bonds. The molecule has 0 unspecified atom stereocenters. The Bertz CT molecular complexity index is 860. The summed E-state index contributed by atoms with van der Waals surface area (Å²) in [5.41, 5.74) is 7.77. The van der Waals surface area contributed by atoms with Crippen LogP contribution in [0.4, 0.5) is 11.4 Å². The third kappa shape index (κ3) is 2.40. The van der Waals surface area contributed by atoms with Crippen molar-refractivity contribution in [3.8, 4) is 17.2 Å². The van der Waals surface area contributed by atoms with Crippen LogP contribution in [0.3, 0.4) is 0 Å². The maximum atomic E-state index is 9.50. The van der Waals surface area contributed by atoms with Gasteiger partial charge in [-0.1, -0.05) is 24.3 Å². The molecular weight excluding hydrogens is 280 g/mol. The van der Waals surface area contributed by atoms with Gasteiger partial charge in [0.1, 0.15) is 0 Å². The number of nitrogens with zero attached hydrogens (tertiary/aromatic N) is 1. The van der Waals surface area contributed by atoms with Crippen LogP contribution in [0.15, 0.2) is 53.5 Å². The van der Waals surface area contributed by atoms with Crippen molar-refractivity contribution in [3.63, 3.8) is 0 Å². The summed E-state index contributed by atoms with van der Waals surface area (Å²) in [7, 11) is 0. The molecule has 110 valence electrons. The van der Waals surface area contributed by atoms with Gasteiger partial charge in [-0.05, 0) is 29.7 Å². The predicted octanol–water partition coefficient (Wildman–Crippen LogP) is 3.29. The van der Waals surface area contributed by atoms with Crippen molar-refractivity contribution in [2.75, 3.05) is 5.73 Å². The first kappa shape index (κ1) is 13.8. The summed E-state index contributed by atoms with van der Waals surface area (Å²) in [5, 5.41) is 30.2. The van der Waals surface area contributed by atoms with Crippen molar-refractivity contribution in [3.05, 3.63) is 54.1 Å². The zero-order chi connectivity index (χ0) is 15.7. The fourth-order valence-electron chi connectivity index (χ4n) is 2.30. The Morgan fingerprint density at radius 1 is 0.909 bits per heavy atom. The van der Waals surface area contributed by atoms with Crippen LogP contribution in [0.5, 0.6) is 17.2 Å². The normalized spacial score (nSPS) is 11.3. The topological polar surface area (TPSA) is 99.1 Å². The van der Waals surface area contributed by atoms with Gasteiger partial charge in [-0.25, -0.2) is 0 Å². The van der Waals surface area contributed by atoms with Crippen molar-refractivity contribution < 1.29 is 15.3 Å². The number of aromatic hydroxyl groups is 3. The van der Waals surface area contributed by atoms with Crippen LogP contribution >= 0.6 is 0 Å². The quantitative estimate of drug-likeness (QED) is 0.331. The Balaban J connectivity index is 2.07. The van der Waals surface area contributed by atoms with E-state index in [1.807, 2.05) is 30.3 Å². The Kier molecular flexibility index (Phi) is 3.31.